The fourth-order valence-electron chi connectivity index (χ4n) is 3.68. The summed E-state index contributed by atoms with van der Waals surface area (Å²) in [4.78, 5) is 11.3. The van der Waals surface area contributed by atoms with Gasteiger partial charge in [0.05, 0.1) is 5.69 Å². The molecule has 0 aliphatic carbocycles. The summed E-state index contributed by atoms with van der Waals surface area (Å²) in [6.07, 6.45) is 5.08. The van der Waals surface area contributed by atoms with Crippen molar-refractivity contribution in [3.05, 3.63) is 48.1 Å². The van der Waals surface area contributed by atoms with Gasteiger partial charge in [0, 0.05) is 63.6 Å². The Hall–Kier alpha value is -1.73. The second kappa shape index (κ2) is 12.5. The van der Waals surface area contributed by atoms with Gasteiger partial charge in [-0.1, -0.05) is 25.1 Å². The maximum absolute atomic E-state index is 12.7. The highest BCUT2D eigenvalue weighted by atomic mass is 127. The van der Waals surface area contributed by atoms with Crippen LogP contribution in [0.15, 0.2) is 46.4 Å². The van der Waals surface area contributed by atoms with Crippen molar-refractivity contribution in [1.29, 1.82) is 0 Å². The average Bonchev–Trinajstić information content (AvgIpc) is 3.26. The van der Waals surface area contributed by atoms with E-state index in [2.05, 4.69) is 40.3 Å². The lowest BCUT2D eigenvalue weighted by molar-refractivity contribution is 0.259. The zero-order valence-corrected chi connectivity index (χ0v) is 22.0. The van der Waals surface area contributed by atoms with Gasteiger partial charge in [-0.15, -0.1) is 24.0 Å². The topological polar surface area (TPSA) is 104 Å². The number of piperazine rings is 1. The molecule has 0 bridgehead atoms. The smallest absolute Gasteiger partial charge is 0.220 e. The third-order valence-corrected chi connectivity index (χ3v) is 7.26. The minimum Gasteiger partial charge on any atom is -0.364 e. The maximum Gasteiger partial charge on any atom is 0.220 e. The van der Waals surface area contributed by atoms with Crippen molar-refractivity contribution in [2.45, 2.75) is 32.4 Å². The number of rotatable bonds is 8. The normalized spacial score (nSPS) is 16.6. The van der Waals surface area contributed by atoms with Crippen LogP contribution in [0.4, 0.5) is 0 Å². The van der Waals surface area contributed by atoms with E-state index < -0.39 is 10.0 Å². The molecule has 2 aromatic heterocycles. The first-order valence-electron chi connectivity index (χ1n) is 10.7. The van der Waals surface area contributed by atoms with Gasteiger partial charge in [0.15, 0.2) is 5.96 Å². The Morgan fingerprint density at radius 2 is 2.00 bits per heavy atom. The molecule has 3 rings (SSSR count). The number of hydrogen-bond acceptors (Lipinski definition) is 6. The maximum atomic E-state index is 12.7. The quantitative estimate of drug-likeness (QED) is 0.293. The Morgan fingerprint density at radius 1 is 1.25 bits per heavy atom. The van der Waals surface area contributed by atoms with E-state index in [1.165, 1.54) is 16.1 Å². The minimum atomic E-state index is -3.42. The van der Waals surface area contributed by atoms with Crippen LogP contribution in [0.5, 0.6) is 0 Å². The number of hydrogen-bond donors (Lipinski definition) is 1. The highest BCUT2D eigenvalue weighted by molar-refractivity contribution is 14.0. The molecule has 1 fully saturated rings. The van der Waals surface area contributed by atoms with Gasteiger partial charge in [0.1, 0.15) is 12.0 Å². The highest BCUT2D eigenvalue weighted by Gasteiger charge is 2.29. The number of aliphatic imine (C=N–C) groups is 1. The predicted molar refractivity (Wildman–Crippen MR) is 135 cm³/mol. The lowest BCUT2D eigenvalue weighted by atomic mass is 9.89. The third kappa shape index (κ3) is 7.14. The predicted octanol–water partition coefficient (Wildman–Crippen LogP) is 2.54. The fraction of sp³-hybridized carbons (Fsp3) is 0.571. The molecule has 1 unspecified atom stereocenters. The van der Waals surface area contributed by atoms with Gasteiger partial charge in [-0.3, -0.25) is 9.98 Å². The Kier molecular flexibility index (Phi) is 10.4. The molecule has 9 nitrogen and oxygen atoms in total. The van der Waals surface area contributed by atoms with Crippen molar-refractivity contribution < 1.29 is 12.9 Å². The van der Waals surface area contributed by atoms with Crippen molar-refractivity contribution in [2.24, 2.45) is 10.9 Å². The van der Waals surface area contributed by atoms with E-state index in [1.54, 1.807) is 12.3 Å². The number of aromatic nitrogens is 2. The van der Waals surface area contributed by atoms with Gasteiger partial charge in [-0.25, -0.2) is 8.42 Å². The number of nitrogens with one attached hydrogen (secondary N) is 1. The zero-order chi connectivity index (χ0) is 22.3. The van der Waals surface area contributed by atoms with Gasteiger partial charge in [-0.05, 0) is 24.5 Å². The van der Waals surface area contributed by atoms with Crippen molar-refractivity contribution in [3.8, 4) is 0 Å². The molecule has 0 spiro atoms. The van der Waals surface area contributed by atoms with Crippen LogP contribution < -0.4 is 5.32 Å². The van der Waals surface area contributed by atoms with Crippen LogP contribution in [-0.4, -0.2) is 73.0 Å². The number of sulfonamides is 1. The molecule has 1 N–H and O–H groups in total. The Morgan fingerprint density at radius 3 is 2.56 bits per heavy atom. The van der Waals surface area contributed by atoms with Gasteiger partial charge in [-0.2, -0.15) is 4.31 Å². The summed E-state index contributed by atoms with van der Waals surface area (Å²) < 4.78 is 31.6. The van der Waals surface area contributed by atoms with E-state index in [1.807, 2.05) is 19.2 Å². The van der Waals surface area contributed by atoms with E-state index >= 15 is 0 Å². The second-order valence-electron chi connectivity index (χ2n) is 7.96. The Labute approximate surface area is 207 Å². The van der Waals surface area contributed by atoms with Crippen molar-refractivity contribution in [2.75, 3.05) is 39.3 Å². The summed E-state index contributed by atoms with van der Waals surface area (Å²) in [5.74, 6) is 1.38. The van der Waals surface area contributed by atoms with Gasteiger partial charge in [0.2, 0.25) is 10.0 Å². The molecule has 0 saturated carbocycles. The van der Waals surface area contributed by atoms with E-state index in [0.29, 0.717) is 44.3 Å². The van der Waals surface area contributed by atoms with Crippen molar-refractivity contribution >= 4 is 40.0 Å². The van der Waals surface area contributed by atoms with Crippen LogP contribution in [0.1, 0.15) is 37.9 Å². The lowest BCUT2D eigenvalue weighted by Gasteiger charge is -2.36. The van der Waals surface area contributed by atoms with Gasteiger partial charge >= 0.3 is 0 Å². The molecule has 1 aliphatic rings. The van der Waals surface area contributed by atoms with E-state index in [-0.39, 0.29) is 35.6 Å². The number of guanidine groups is 1. The molecule has 3 heterocycles. The van der Waals surface area contributed by atoms with E-state index in [4.69, 9.17) is 9.52 Å². The molecule has 32 heavy (non-hydrogen) atoms. The van der Waals surface area contributed by atoms with Crippen molar-refractivity contribution in [3.63, 3.8) is 0 Å². The zero-order valence-electron chi connectivity index (χ0n) is 18.8. The molecule has 178 valence electrons. The highest BCUT2D eigenvalue weighted by Crippen LogP contribution is 2.24. The summed E-state index contributed by atoms with van der Waals surface area (Å²) in [5, 5.41) is 7.08. The molecule has 0 amide bonds. The molecule has 0 radical (unpaired) electrons. The van der Waals surface area contributed by atoms with Gasteiger partial charge < -0.3 is 14.7 Å². The summed E-state index contributed by atoms with van der Waals surface area (Å²) in [6, 6.07) is 5.63. The number of pyridine rings is 1. The minimum absolute atomic E-state index is 0. The van der Waals surface area contributed by atoms with Crippen LogP contribution in [0.25, 0.3) is 0 Å². The van der Waals surface area contributed by atoms with Crippen LogP contribution in [0.2, 0.25) is 0 Å². The molecular formula is C21H33IN6O3S. The number of nitrogens with zero attached hydrogens (tertiary/aromatic N) is 5. The summed E-state index contributed by atoms with van der Waals surface area (Å²) >= 11 is 0. The first-order chi connectivity index (χ1) is 14.9. The molecular weight excluding hydrogens is 543 g/mol. The SMILES string of the molecule is CCNC(=NCC(c1cccnc1)C(C)C)N1CCN(S(=O)(=O)Cc2ccon2)CC1.I. The molecule has 0 aromatic carbocycles. The van der Waals surface area contributed by atoms with Gasteiger partial charge in [0.25, 0.3) is 0 Å². The summed E-state index contributed by atoms with van der Waals surface area (Å²) in [6.45, 7) is 9.83. The number of halogens is 1. The molecule has 1 saturated heterocycles. The molecule has 1 aliphatic heterocycles. The van der Waals surface area contributed by atoms with Crippen LogP contribution in [0, 0.1) is 5.92 Å². The monoisotopic (exact) mass is 576 g/mol. The van der Waals surface area contributed by atoms with E-state index in [9.17, 15) is 8.42 Å². The van der Waals surface area contributed by atoms with Crippen LogP contribution in [-0.2, 0) is 15.8 Å². The largest absolute Gasteiger partial charge is 0.364 e. The van der Waals surface area contributed by atoms with E-state index in [0.717, 1.165) is 12.5 Å². The summed E-state index contributed by atoms with van der Waals surface area (Å²) in [5.41, 5.74) is 1.60. The molecule has 1 atom stereocenters. The average molecular weight is 577 g/mol. The van der Waals surface area contributed by atoms with Crippen molar-refractivity contribution in [1.82, 2.24) is 24.7 Å². The van der Waals surface area contributed by atoms with Crippen LogP contribution >= 0.6 is 24.0 Å². The lowest BCUT2D eigenvalue weighted by Crippen LogP contribution is -2.54. The fourth-order valence-corrected chi connectivity index (χ4v) is 5.10. The first-order valence-corrected chi connectivity index (χ1v) is 12.3. The summed E-state index contributed by atoms with van der Waals surface area (Å²) in [7, 11) is -3.42. The first kappa shape index (κ1) is 26.5. The standard InChI is InChI=1S/C21H32N6O3S.HI/c1-4-23-21(24-15-20(17(2)3)18-6-5-8-22-14-18)26-9-11-27(12-10-26)31(28,29)16-19-7-13-30-25-19;/h5-8,13-14,17,20H,4,9-12,15-16H2,1-3H3,(H,23,24);1H. The Balaban J connectivity index is 0.00000363. The molecule has 2 aromatic rings. The third-order valence-electron chi connectivity index (χ3n) is 5.44. The molecule has 11 heteroatoms. The van der Waals surface area contributed by atoms with Crippen LogP contribution in [0.3, 0.4) is 0 Å². The second-order valence-corrected chi connectivity index (χ2v) is 9.93. The Bertz CT molecular complexity index is 930.